The standard InChI is InChI=1S/C22H21NO4/c24-22(23-27-17-18-9-3-1-4-10-18)20-13-7-8-14-21(20)26-16-15-25-19-11-5-2-6-12-19/h1-14H,15-17H2,(H,23,24). The van der Waals surface area contributed by atoms with Gasteiger partial charge < -0.3 is 9.47 Å². The molecule has 0 aliphatic rings. The van der Waals surface area contributed by atoms with Crippen LogP contribution in [0, 0.1) is 0 Å². The lowest BCUT2D eigenvalue weighted by Crippen LogP contribution is -2.24. The minimum absolute atomic E-state index is 0.292. The first-order valence-corrected chi connectivity index (χ1v) is 8.68. The molecular weight excluding hydrogens is 342 g/mol. The Balaban J connectivity index is 1.48. The lowest BCUT2D eigenvalue weighted by atomic mass is 10.2. The molecule has 138 valence electrons. The van der Waals surface area contributed by atoms with E-state index in [0.29, 0.717) is 31.1 Å². The summed E-state index contributed by atoms with van der Waals surface area (Å²) in [6.45, 7) is 0.995. The number of benzene rings is 3. The van der Waals surface area contributed by atoms with E-state index < -0.39 is 0 Å². The van der Waals surface area contributed by atoms with Crippen LogP contribution >= 0.6 is 0 Å². The Bertz CT molecular complexity index is 837. The summed E-state index contributed by atoms with van der Waals surface area (Å²) in [6, 6.07) is 26.1. The zero-order chi connectivity index (χ0) is 18.7. The Morgan fingerprint density at radius 1 is 0.741 bits per heavy atom. The minimum Gasteiger partial charge on any atom is -0.490 e. The summed E-state index contributed by atoms with van der Waals surface area (Å²) >= 11 is 0. The summed E-state index contributed by atoms with van der Waals surface area (Å²) < 4.78 is 11.3. The third kappa shape index (κ3) is 5.87. The van der Waals surface area contributed by atoms with Gasteiger partial charge in [0.05, 0.1) is 12.2 Å². The van der Waals surface area contributed by atoms with E-state index in [9.17, 15) is 4.79 Å². The van der Waals surface area contributed by atoms with Gasteiger partial charge >= 0.3 is 0 Å². The van der Waals surface area contributed by atoms with Gasteiger partial charge in [-0.2, -0.15) is 0 Å². The van der Waals surface area contributed by atoms with Crippen molar-refractivity contribution in [3.05, 3.63) is 96.1 Å². The molecule has 0 aliphatic heterocycles. The van der Waals surface area contributed by atoms with Gasteiger partial charge in [-0.25, -0.2) is 5.48 Å². The van der Waals surface area contributed by atoms with Crippen LogP contribution in [0.2, 0.25) is 0 Å². The minimum atomic E-state index is -0.356. The Hall–Kier alpha value is -3.31. The van der Waals surface area contributed by atoms with Gasteiger partial charge in [-0.1, -0.05) is 60.7 Å². The second-order valence-corrected chi connectivity index (χ2v) is 5.71. The zero-order valence-electron chi connectivity index (χ0n) is 14.8. The molecule has 0 atom stereocenters. The third-order valence-electron chi connectivity index (χ3n) is 3.73. The van der Waals surface area contributed by atoms with Crippen molar-refractivity contribution < 1.29 is 19.1 Å². The predicted molar refractivity (Wildman–Crippen MR) is 103 cm³/mol. The van der Waals surface area contributed by atoms with E-state index in [2.05, 4.69) is 5.48 Å². The van der Waals surface area contributed by atoms with E-state index in [4.69, 9.17) is 14.3 Å². The molecule has 1 N–H and O–H groups in total. The summed E-state index contributed by atoms with van der Waals surface area (Å²) in [7, 11) is 0. The van der Waals surface area contributed by atoms with Gasteiger partial charge in [0, 0.05) is 0 Å². The summed E-state index contributed by atoms with van der Waals surface area (Å²) in [5.74, 6) is 0.905. The number of carbonyl (C=O) groups excluding carboxylic acids is 1. The average molecular weight is 363 g/mol. The summed E-state index contributed by atoms with van der Waals surface area (Å²) in [4.78, 5) is 17.7. The van der Waals surface area contributed by atoms with Crippen molar-refractivity contribution in [2.75, 3.05) is 13.2 Å². The summed E-state index contributed by atoms with van der Waals surface area (Å²) in [6.07, 6.45) is 0. The van der Waals surface area contributed by atoms with Crippen molar-refractivity contribution >= 4 is 5.91 Å². The van der Waals surface area contributed by atoms with E-state index in [1.165, 1.54) is 0 Å². The van der Waals surface area contributed by atoms with Gasteiger partial charge in [-0.05, 0) is 29.8 Å². The van der Waals surface area contributed by atoms with Crippen LogP contribution in [-0.2, 0) is 11.4 Å². The van der Waals surface area contributed by atoms with Gasteiger partial charge in [0.15, 0.2) is 0 Å². The maximum absolute atomic E-state index is 12.4. The molecule has 27 heavy (non-hydrogen) atoms. The van der Waals surface area contributed by atoms with Gasteiger partial charge in [0.25, 0.3) is 5.91 Å². The lowest BCUT2D eigenvalue weighted by molar-refractivity contribution is 0.0230. The Kier molecular flexibility index (Phi) is 6.84. The SMILES string of the molecule is O=C(NOCc1ccccc1)c1ccccc1OCCOc1ccccc1. The smallest absolute Gasteiger partial charge is 0.278 e. The van der Waals surface area contributed by atoms with Crippen molar-refractivity contribution in [3.8, 4) is 11.5 Å². The van der Waals surface area contributed by atoms with E-state index in [1.807, 2.05) is 66.7 Å². The number of rotatable bonds is 9. The largest absolute Gasteiger partial charge is 0.490 e. The normalized spacial score (nSPS) is 10.2. The Labute approximate surface area is 158 Å². The second kappa shape index (κ2) is 9.99. The maximum atomic E-state index is 12.4. The molecule has 0 aromatic heterocycles. The predicted octanol–water partition coefficient (Wildman–Crippen LogP) is 4.01. The number of nitrogens with one attached hydrogen (secondary N) is 1. The van der Waals surface area contributed by atoms with Crippen molar-refractivity contribution in [2.24, 2.45) is 0 Å². The van der Waals surface area contributed by atoms with E-state index >= 15 is 0 Å². The van der Waals surface area contributed by atoms with Gasteiger partial charge in [-0.3, -0.25) is 9.63 Å². The number of carbonyl (C=O) groups is 1. The number of ether oxygens (including phenoxy) is 2. The Morgan fingerprint density at radius 2 is 1.37 bits per heavy atom. The molecule has 3 aromatic carbocycles. The number of hydrogen-bond donors (Lipinski definition) is 1. The molecule has 0 bridgehead atoms. The molecule has 1 amide bonds. The second-order valence-electron chi connectivity index (χ2n) is 5.71. The van der Waals surface area contributed by atoms with Crippen molar-refractivity contribution in [1.29, 1.82) is 0 Å². The van der Waals surface area contributed by atoms with Crippen LogP contribution in [-0.4, -0.2) is 19.1 Å². The fourth-order valence-electron chi connectivity index (χ4n) is 2.42. The van der Waals surface area contributed by atoms with E-state index in [0.717, 1.165) is 11.3 Å². The van der Waals surface area contributed by atoms with E-state index in [-0.39, 0.29) is 5.91 Å². The van der Waals surface area contributed by atoms with Crippen LogP contribution in [0.3, 0.4) is 0 Å². The molecule has 3 rings (SSSR count). The fraction of sp³-hybridized carbons (Fsp3) is 0.136. The monoisotopic (exact) mass is 363 g/mol. The zero-order valence-corrected chi connectivity index (χ0v) is 14.8. The highest BCUT2D eigenvalue weighted by atomic mass is 16.6. The molecule has 0 saturated heterocycles. The topological polar surface area (TPSA) is 56.8 Å². The first kappa shape index (κ1) is 18.5. The van der Waals surface area contributed by atoms with Crippen LogP contribution < -0.4 is 15.0 Å². The fourth-order valence-corrected chi connectivity index (χ4v) is 2.42. The molecule has 0 aliphatic carbocycles. The first-order chi connectivity index (χ1) is 13.3. The molecule has 5 heteroatoms. The van der Waals surface area contributed by atoms with Gasteiger partial charge in [0.1, 0.15) is 24.7 Å². The molecule has 3 aromatic rings. The van der Waals surface area contributed by atoms with Crippen molar-refractivity contribution in [1.82, 2.24) is 5.48 Å². The Morgan fingerprint density at radius 3 is 2.15 bits per heavy atom. The van der Waals surface area contributed by atoms with Gasteiger partial charge in [-0.15, -0.1) is 0 Å². The van der Waals surface area contributed by atoms with Crippen LogP contribution in [0.1, 0.15) is 15.9 Å². The molecule has 5 nitrogen and oxygen atoms in total. The molecule has 0 spiro atoms. The molecule has 0 heterocycles. The summed E-state index contributed by atoms with van der Waals surface area (Å²) in [5.41, 5.74) is 3.83. The molecule has 0 saturated carbocycles. The number of amides is 1. The number of hydroxylamine groups is 1. The van der Waals surface area contributed by atoms with Crippen LogP contribution in [0.4, 0.5) is 0 Å². The maximum Gasteiger partial charge on any atom is 0.278 e. The highest BCUT2D eigenvalue weighted by Crippen LogP contribution is 2.18. The van der Waals surface area contributed by atoms with Crippen molar-refractivity contribution in [3.63, 3.8) is 0 Å². The van der Waals surface area contributed by atoms with Crippen molar-refractivity contribution in [2.45, 2.75) is 6.61 Å². The highest BCUT2D eigenvalue weighted by molar-refractivity contribution is 5.96. The van der Waals surface area contributed by atoms with E-state index in [1.54, 1.807) is 18.2 Å². The highest BCUT2D eigenvalue weighted by Gasteiger charge is 2.12. The quantitative estimate of drug-likeness (QED) is 0.461. The van der Waals surface area contributed by atoms with Crippen LogP contribution in [0.5, 0.6) is 11.5 Å². The molecule has 0 radical (unpaired) electrons. The lowest BCUT2D eigenvalue weighted by Gasteiger charge is -2.12. The molecule has 0 fully saturated rings. The molecule has 0 unspecified atom stereocenters. The van der Waals surface area contributed by atoms with Crippen LogP contribution in [0.15, 0.2) is 84.9 Å². The third-order valence-corrected chi connectivity index (χ3v) is 3.73. The average Bonchev–Trinajstić information content (AvgIpc) is 2.73. The number of hydrogen-bond acceptors (Lipinski definition) is 4. The first-order valence-electron chi connectivity index (χ1n) is 8.68. The number of para-hydroxylation sites is 2. The van der Waals surface area contributed by atoms with Crippen LogP contribution in [0.25, 0.3) is 0 Å². The molecular formula is C22H21NO4. The summed E-state index contributed by atoms with van der Waals surface area (Å²) in [5, 5.41) is 0. The van der Waals surface area contributed by atoms with Gasteiger partial charge in [0.2, 0.25) is 0 Å².